The van der Waals surface area contributed by atoms with Crippen molar-refractivity contribution in [1.29, 1.82) is 0 Å². The number of carbonyl (C=O) groups is 2. The molecule has 0 unspecified atom stereocenters. The van der Waals surface area contributed by atoms with Gasteiger partial charge in [-0.05, 0) is 98.5 Å². The summed E-state index contributed by atoms with van der Waals surface area (Å²) in [6, 6.07) is 19.2. The number of rotatable bonds is 11. The van der Waals surface area contributed by atoms with Crippen LogP contribution in [0.4, 0.5) is 0 Å². The van der Waals surface area contributed by atoms with E-state index in [1.54, 1.807) is 30.3 Å². The van der Waals surface area contributed by atoms with Crippen LogP contribution >= 0.6 is 38.5 Å². The largest absolute Gasteiger partial charge is 0.483 e. The van der Waals surface area contributed by atoms with Gasteiger partial charge < -0.3 is 10.5 Å². The Morgan fingerprint density at radius 1 is 1.08 bits per heavy atom. The van der Waals surface area contributed by atoms with Gasteiger partial charge in [-0.25, -0.2) is 13.8 Å². The Kier molecular flexibility index (Phi) is 9.98. The molecule has 0 bridgehead atoms. The van der Waals surface area contributed by atoms with E-state index in [-0.39, 0.29) is 17.9 Å². The molecule has 4 N–H and O–H groups in total. The maximum atomic E-state index is 12.9. The fraction of sp³-hybridized carbons (Fsp3) is 0.125. The molecule has 3 aromatic carbocycles. The number of nitrogens with one attached hydrogen (secondary N) is 2. The van der Waals surface area contributed by atoms with E-state index in [9.17, 15) is 18.0 Å². The third kappa shape index (κ3) is 8.40. The predicted molar refractivity (Wildman–Crippen MR) is 148 cm³/mol. The molecule has 0 aliphatic carbocycles. The smallest absolute Gasteiger partial charge is 0.258 e. The van der Waals surface area contributed by atoms with E-state index in [2.05, 4.69) is 53.8 Å². The first-order chi connectivity index (χ1) is 17.1. The molecule has 3 rings (SSSR count). The third-order valence-corrected chi connectivity index (χ3v) is 7.56. The van der Waals surface area contributed by atoms with Gasteiger partial charge in [0.2, 0.25) is 10.0 Å². The number of nitrogens with zero attached hydrogens (tertiary/aromatic N) is 1. The summed E-state index contributed by atoms with van der Waals surface area (Å²) >= 11 is 5.42. The quantitative estimate of drug-likeness (QED) is 0.162. The molecule has 0 saturated heterocycles. The average molecular weight is 685 g/mol. The summed E-state index contributed by atoms with van der Waals surface area (Å²) in [5.74, 6) is -0.800. The van der Waals surface area contributed by atoms with Gasteiger partial charge in [-0.3, -0.25) is 9.59 Å². The van der Waals surface area contributed by atoms with Crippen molar-refractivity contribution in [3.63, 3.8) is 0 Å². The first-order valence-electron chi connectivity index (χ1n) is 10.5. The monoisotopic (exact) mass is 684 g/mol. The number of hydrazone groups is 1. The maximum Gasteiger partial charge on any atom is 0.258 e. The first-order valence-corrected chi connectivity index (χ1v) is 13.8. The van der Waals surface area contributed by atoms with E-state index in [0.29, 0.717) is 15.8 Å². The van der Waals surface area contributed by atoms with Crippen molar-refractivity contribution in [3.8, 4) is 5.75 Å². The molecular formula is C24H22BrIN4O5S. The zero-order valence-electron chi connectivity index (χ0n) is 18.7. The van der Waals surface area contributed by atoms with Gasteiger partial charge in [0.15, 0.2) is 6.61 Å². The standard InChI is InChI=1S/C24H22BrIN4O5S/c25-20-12-17(6-11-22(20)35-15-23(27)31)14-28-29-24(32)21(13-16-4-2-1-3-5-16)30-36(33,34)19-9-7-18(26)8-10-19/h1-12,14,21,30H,13,15H2,(H2,27,31)(H,29,32)/b28-14-/t21-/m0/s1. The molecule has 0 aromatic heterocycles. The van der Waals surface area contributed by atoms with Crippen molar-refractivity contribution in [3.05, 3.63) is 92.0 Å². The van der Waals surface area contributed by atoms with Crippen LogP contribution in [0.3, 0.4) is 0 Å². The number of sulfonamides is 1. The van der Waals surface area contributed by atoms with Crippen LogP contribution in [0, 0.1) is 3.57 Å². The lowest BCUT2D eigenvalue weighted by molar-refractivity contribution is -0.122. The molecule has 0 aliphatic heterocycles. The van der Waals surface area contributed by atoms with E-state index in [4.69, 9.17) is 10.5 Å². The van der Waals surface area contributed by atoms with E-state index >= 15 is 0 Å². The van der Waals surface area contributed by atoms with Crippen LogP contribution in [-0.4, -0.2) is 39.1 Å². The third-order valence-electron chi connectivity index (χ3n) is 4.73. The summed E-state index contributed by atoms with van der Waals surface area (Å²) in [5.41, 5.74) is 8.88. The van der Waals surface area contributed by atoms with Gasteiger partial charge in [0.1, 0.15) is 11.8 Å². The van der Waals surface area contributed by atoms with E-state index < -0.39 is 27.9 Å². The molecule has 0 saturated carbocycles. The second kappa shape index (κ2) is 12.9. The summed E-state index contributed by atoms with van der Waals surface area (Å²) < 4.78 is 35.1. The van der Waals surface area contributed by atoms with Crippen LogP contribution in [0.2, 0.25) is 0 Å². The Labute approximate surface area is 230 Å². The Balaban J connectivity index is 1.73. The fourth-order valence-corrected chi connectivity index (χ4v) is 5.08. The van der Waals surface area contributed by atoms with Crippen molar-refractivity contribution in [2.45, 2.75) is 17.4 Å². The molecule has 36 heavy (non-hydrogen) atoms. The van der Waals surface area contributed by atoms with E-state index in [1.807, 2.05) is 30.3 Å². The number of benzene rings is 3. The highest BCUT2D eigenvalue weighted by Crippen LogP contribution is 2.25. The molecule has 188 valence electrons. The summed E-state index contributed by atoms with van der Waals surface area (Å²) in [6.45, 7) is -0.261. The number of hydrogen-bond donors (Lipinski definition) is 3. The minimum Gasteiger partial charge on any atom is -0.483 e. The van der Waals surface area contributed by atoms with Crippen LogP contribution in [0.1, 0.15) is 11.1 Å². The molecule has 0 fully saturated rings. The zero-order chi connectivity index (χ0) is 26.1. The van der Waals surface area contributed by atoms with Gasteiger partial charge in [-0.2, -0.15) is 9.82 Å². The molecule has 9 nitrogen and oxygen atoms in total. The number of carbonyl (C=O) groups excluding carboxylic acids is 2. The van der Waals surface area contributed by atoms with Crippen molar-refractivity contribution in [2.75, 3.05) is 6.61 Å². The Morgan fingerprint density at radius 3 is 2.42 bits per heavy atom. The summed E-state index contributed by atoms with van der Waals surface area (Å²) in [6.07, 6.45) is 1.52. The SMILES string of the molecule is NC(=O)COc1ccc(/C=N\NC(=O)[C@H](Cc2ccccc2)NS(=O)(=O)c2ccc(I)cc2)cc1Br. The predicted octanol–water partition coefficient (Wildman–Crippen LogP) is 2.96. The van der Waals surface area contributed by atoms with Gasteiger partial charge >= 0.3 is 0 Å². The van der Waals surface area contributed by atoms with Gasteiger partial charge in [0, 0.05) is 3.57 Å². The maximum absolute atomic E-state index is 12.9. The number of halogens is 2. The topological polar surface area (TPSA) is 140 Å². The summed E-state index contributed by atoms with van der Waals surface area (Å²) in [7, 11) is -3.96. The Bertz CT molecular complexity index is 1350. The molecular weight excluding hydrogens is 663 g/mol. The highest BCUT2D eigenvalue weighted by Gasteiger charge is 2.26. The summed E-state index contributed by atoms with van der Waals surface area (Å²) in [4.78, 5) is 23.9. The number of hydrogen-bond acceptors (Lipinski definition) is 6. The Morgan fingerprint density at radius 2 is 1.78 bits per heavy atom. The first kappa shape index (κ1) is 27.8. The van der Waals surface area contributed by atoms with Crippen molar-refractivity contribution < 1.29 is 22.7 Å². The van der Waals surface area contributed by atoms with Gasteiger partial charge in [-0.15, -0.1) is 0 Å². The normalized spacial score (nSPS) is 12.3. The van der Waals surface area contributed by atoms with Gasteiger partial charge in [0.25, 0.3) is 11.8 Å². The van der Waals surface area contributed by atoms with Gasteiger partial charge in [0.05, 0.1) is 15.6 Å². The summed E-state index contributed by atoms with van der Waals surface area (Å²) in [5, 5.41) is 3.97. The van der Waals surface area contributed by atoms with Gasteiger partial charge in [-0.1, -0.05) is 30.3 Å². The number of nitrogens with two attached hydrogens (primary N) is 1. The van der Waals surface area contributed by atoms with Crippen LogP contribution in [-0.2, 0) is 26.0 Å². The lowest BCUT2D eigenvalue weighted by Crippen LogP contribution is -2.46. The lowest BCUT2D eigenvalue weighted by atomic mass is 10.1. The molecule has 0 heterocycles. The van der Waals surface area contributed by atoms with Crippen molar-refractivity contribution in [2.24, 2.45) is 10.8 Å². The zero-order valence-corrected chi connectivity index (χ0v) is 23.3. The van der Waals surface area contributed by atoms with Crippen LogP contribution in [0.25, 0.3) is 0 Å². The molecule has 2 amide bonds. The number of amides is 2. The highest BCUT2D eigenvalue weighted by molar-refractivity contribution is 14.1. The lowest BCUT2D eigenvalue weighted by Gasteiger charge is -2.17. The highest BCUT2D eigenvalue weighted by atomic mass is 127. The average Bonchev–Trinajstić information content (AvgIpc) is 2.83. The van der Waals surface area contributed by atoms with E-state index in [0.717, 1.165) is 9.13 Å². The molecule has 0 aliphatic rings. The minimum absolute atomic E-state index is 0.0563. The molecule has 0 radical (unpaired) electrons. The molecule has 3 aromatic rings. The number of primary amides is 1. The molecule has 12 heteroatoms. The van der Waals surface area contributed by atoms with Crippen molar-refractivity contribution in [1.82, 2.24) is 10.1 Å². The van der Waals surface area contributed by atoms with Crippen LogP contribution in [0.15, 0.2) is 87.3 Å². The van der Waals surface area contributed by atoms with Crippen molar-refractivity contribution >= 4 is 66.6 Å². The van der Waals surface area contributed by atoms with Crippen LogP contribution < -0.4 is 20.6 Å². The minimum atomic E-state index is -3.96. The fourth-order valence-electron chi connectivity index (χ4n) is 3.02. The molecule has 1 atom stereocenters. The van der Waals surface area contributed by atoms with E-state index in [1.165, 1.54) is 18.3 Å². The molecule has 0 spiro atoms. The Hall–Kier alpha value is -2.81. The number of ether oxygens (including phenoxy) is 1. The van der Waals surface area contributed by atoms with Crippen LogP contribution in [0.5, 0.6) is 5.75 Å². The second-order valence-electron chi connectivity index (χ2n) is 7.50. The second-order valence-corrected chi connectivity index (χ2v) is 11.3.